The van der Waals surface area contributed by atoms with E-state index in [-0.39, 0.29) is 0 Å². The molecule has 0 spiro atoms. The van der Waals surface area contributed by atoms with E-state index in [0.717, 1.165) is 0 Å². The third-order valence-electron chi connectivity index (χ3n) is 0.652. The van der Waals surface area contributed by atoms with Gasteiger partial charge >= 0.3 is 5.38 Å². The summed E-state index contributed by atoms with van der Waals surface area (Å²) in [6.07, 6.45) is 0. The minimum absolute atomic E-state index is 1.16. The lowest BCUT2D eigenvalue weighted by Gasteiger charge is -2.25. The quantitative estimate of drug-likeness (QED) is 0.663. The van der Waals surface area contributed by atoms with Gasteiger partial charge in [-0.2, -0.15) is 8.78 Å². The van der Waals surface area contributed by atoms with Crippen molar-refractivity contribution >= 4 is 66.7 Å². The van der Waals surface area contributed by atoms with Gasteiger partial charge in [0.25, 0.3) is 0 Å². The Kier molecular flexibility index (Phi) is 4.21. The summed E-state index contributed by atoms with van der Waals surface area (Å²) in [5.41, 5.74) is 0. The van der Waals surface area contributed by atoms with Gasteiger partial charge in [-0.25, -0.2) is 0 Å². The van der Waals surface area contributed by atoms with E-state index in [0.29, 0.717) is 0 Å². The van der Waals surface area contributed by atoms with Crippen molar-refractivity contribution in [2.45, 2.75) is 13.5 Å². The van der Waals surface area contributed by atoms with Crippen LogP contribution in [0.4, 0.5) is 8.78 Å². The topological polar surface area (TPSA) is 0 Å². The molecule has 0 saturated carbocycles. The first-order valence-corrected chi connectivity index (χ1v) is 4.82. The highest BCUT2D eigenvalue weighted by atomic mass is 79.9. The maximum Gasteiger partial charge on any atom is 0.352 e. The molecule has 2 atom stereocenters. The zero-order chi connectivity index (χ0) is 8.58. The van der Waals surface area contributed by atoms with E-state index in [9.17, 15) is 8.78 Å². The lowest BCUT2D eigenvalue weighted by molar-refractivity contribution is 0.0866. The average molecular weight is 341 g/mol. The molecule has 0 bridgehead atoms. The fraction of sp³-hybridized carbons (Fsp3) is 1.00. The molecule has 0 radical (unpaired) electrons. The molecule has 2 unspecified atom stereocenters. The second kappa shape index (κ2) is 3.60. The van der Waals surface area contributed by atoms with Gasteiger partial charge in [0.15, 0.2) is 0 Å². The molecule has 0 aliphatic heterocycles. The van der Waals surface area contributed by atoms with E-state index >= 15 is 0 Å². The summed E-state index contributed by atoms with van der Waals surface area (Å²) in [6.45, 7) is 0. The number of rotatable bonds is 2. The maximum absolute atomic E-state index is 12.2. The van der Waals surface area contributed by atoms with Gasteiger partial charge in [0.2, 0.25) is 3.78 Å². The highest BCUT2D eigenvalue weighted by Gasteiger charge is 2.53. The first-order chi connectivity index (χ1) is 4.19. The van der Waals surface area contributed by atoms with E-state index < -0.39 is 13.5 Å². The van der Waals surface area contributed by atoms with Crippen LogP contribution in [0.5, 0.6) is 0 Å². The SMILES string of the molecule is FC(F)(Cl)C(Cl)(Br)C(Cl)Br. The highest BCUT2D eigenvalue weighted by molar-refractivity contribution is 9.13. The Morgan fingerprint density at radius 2 is 1.60 bits per heavy atom. The molecule has 10 heavy (non-hydrogen) atoms. The Morgan fingerprint density at radius 3 is 1.60 bits per heavy atom. The molecule has 0 heterocycles. The van der Waals surface area contributed by atoms with E-state index in [2.05, 4.69) is 43.5 Å². The van der Waals surface area contributed by atoms with Gasteiger partial charge in [0.05, 0.1) is 0 Å². The first kappa shape index (κ1) is 11.7. The number of halogens is 7. The molecule has 0 aliphatic carbocycles. The maximum atomic E-state index is 12.2. The Hall–Kier alpha value is 1.69. The van der Waals surface area contributed by atoms with Crippen molar-refractivity contribution in [1.82, 2.24) is 0 Å². The summed E-state index contributed by atoms with van der Waals surface area (Å²) < 4.78 is 21.1. The normalized spacial score (nSPS) is 21.9. The third kappa shape index (κ3) is 2.63. The molecule has 0 aliphatic rings. The zero-order valence-corrected chi connectivity index (χ0v) is 9.66. The summed E-state index contributed by atoms with van der Waals surface area (Å²) in [5.74, 6) is 0. The molecule has 0 aromatic heterocycles. The largest absolute Gasteiger partial charge is 0.352 e. The van der Waals surface area contributed by atoms with Crippen molar-refractivity contribution < 1.29 is 8.78 Å². The fourth-order valence-electron chi connectivity index (χ4n) is 0.124. The van der Waals surface area contributed by atoms with Crippen molar-refractivity contribution in [3.05, 3.63) is 0 Å². The molecule has 0 nitrogen and oxygen atoms in total. The van der Waals surface area contributed by atoms with E-state index in [1.54, 1.807) is 0 Å². The minimum Gasteiger partial charge on any atom is -0.185 e. The minimum atomic E-state index is -3.61. The lowest BCUT2D eigenvalue weighted by atomic mass is 10.5. The molecule has 7 heteroatoms. The second-order valence-corrected chi connectivity index (χ2v) is 6.08. The molecule has 0 N–H and O–H groups in total. The predicted octanol–water partition coefficient (Wildman–Crippen LogP) is 4.11. The molecule has 0 aromatic carbocycles. The van der Waals surface area contributed by atoms with Crippen LogP contribution in [-0.4, -0.2) is 13.5 Å². The van der Waals surface area contributed by atoms with Crippen LogP contribution in [0.25, 0.3) is 0 Å². The van der Waals surface area contributed by atoms with Gasteiger partial charge in [-0.1, -0.05) is 43.5 Å². The van der Waals surface area contributed by atoms with Gasteiger partial charge in [0.1, 0.15) is 4.29 Å². The summed E-state index contributed by atoms with van der Waals surface area (Å²) >= 11 is 20.1. The van der Waals surface area contributed by atoms with Crippen LogP contribution in [0, 0.1) is 0 Å². The van der Waals surface area contributed by atoms with Crippen LogP contribution >= 0.6 is 66.7 Å². The molecular weight excluding hydrogens is 340 g/mol. The summed E-state index contributed by atoms with van der Waals surface area (Å²) in [5, 5.41) is -3.61. The Bertz CT molecular complexity index is 121. The summed E-state index contributed by atoms with van der Waals surface area (Å²) in [7, 11) is 0. The Balaban J connectivity index is 4.40. The number of hydrogen-bond donors (Lipinski definition) is 0. The monoisotopic (exact) mass is 338 g/mol. The molecule has 0 rings (SSSR count). The summed E-state index contributed by atoms with van der Waals surface area (Å²) in [4.78, 5) is 0. The second-order valence-electron chi connectivity index (χ2n) is 1.42. The molecule has 0 amide bonds. The molecule has 0 saturated heterocycles. The van der Waals surface area contributed by atoms with Crippen LogP contribution in [0.15, 0.2) is 0 Å². The Labute approximate surface area is 88.4 Å². The molecule has 0 aromatic rings. The number of hydrogen-bond acceptors (Lipinski definition) is 0. The van der Waals surface area contributed by atoms with E-state index in [1.807, 2.05) is 0 Å². The molecule has 0 fully saturated rings. The molecular formula is C3HBr2Cl3F2. The van der Waals surface area contributed by atoms with Gasteiger partial charge in [-0.3, -0.25) is 0 Å². The van der Waals surface area contributed by atoms with Crippen LogP contribution in [0.3, 0.4) is 0 Å². The van der Waals surface area contributed by atoms with Crippen LogP contribution in [0.2, 0.25) is 0 Å². The van der Waals surface area contributed by atoms with E-state index in [4.69, 9.17) is 23.2 Å². The lowest BCUT2D eigenvalue weighted by Crippen LogP contribution is -2.38. The van der Waals surface area contributed by atoms with Crippen molar-refractivity contribution in [1.29, 1.82) is 0 Å². The summed E-state index contributed by atoms with van der Waals surface area (Å²) in [6, 6.07) is 0. The van der Waals surface area contributed by atoms with Gasteiger partial charge in [0, 0.05) is 0 Å². The van der Waals surface area contributed by atoms with Crippen molar-refractivity contribution in [3.63, 3.8) is 0 Å². The fourth-order valence-corrected chi connectivity index (χ4v) is 0.845. The molecule has 62 valence electrons. The van der Waals surface area contributed by atoms with E-state index in [1.165, 1.54) is 0 Å². The van der Waals surface area contributed by atoms with Crippen molar-refractivity contribution in [2.75, 3.05) is 0 Å². The smallest absolute Gasteiger partial charge is 0.185 e. The number of alkyl halides is 7. The average Bonchev–Trinajstić information content (AvgIpc) is 1.62. The van der Waals surface area contributed by atoms with Gasteiger partial charge < -0.3 is 0 Å². The van der Waals surface area contributed by atoms with Gasteiger partial charge in [-0.15, -0.1) is 11.6 Å². The first-order valence-electron chi connectivity index (χ1n) is 1.92. The Morgan fingerprint density at radius 1 is 1.30 bits per heavy atom. The standard InChI is InChI=1S/C3HBr2Cl3F2/c4-1(6)2(5,7)3(8,9)10/h1H. The van der Waals surface area contributed by atoms with Gasteiger partial charge in [-0.05, 0) is 11.6 Å². The van der Waals surface area contributed by atoms with Crippen molar-refractivity contribution in [2.24, 2.45) is 0 Å². The zero-order valence-electron chi connectivity index (χ0n) is 4.22. The third-order valence-corrected chi connectivity index (χ3v) is 4.95. The van der Waals surface area contributed by atoms with Crippen LogP contribution < -0.4 is 0 Å². The van der Waals surface area contributed by atoms with Crippen LogP contribution in [0.1, 0.15) is 0 Å². The highest BCUT2D eigenvalue weighted by Crippen LogP contribution is 2.49. The van der Waals surface area contributed by atoms with Crippen molar-refractivity contribution in [3.8, 4) is 0 Å². The van der Waals surface area contributed by atoms with Crippen LogP contribution in [-0.2, 0) is 0 Å². The predicted molar refractivity (Wildman–Crippen MR) is 46.9 cm³/mol.